The Morgan fingerprint density at radius 2 is 1.36 bits per heavy atom. The molecule has 6 atom stereocenters. The van der Waals surface area contributed by atoms with Crippen molar-refractivity contribution in [3.8, 4) is 5.75 Å². The number of nitrogens with zero attached hydrogens (tertiary/aromatic N) is 3. The molecule has 3 fully saturated rings. The number of aliphatic carboxylic acids is 1. The Balaban J connectivity index is 1.32. The van der Waals surface area contributed by atoms with Gasteiger partial charge in [-0.1, -0.05) is 12.1 Å². The third-order valence-corrected chi connectivity index (χ3v) is 9.64. The van der Waals surface area contributed by atoms with Gasteiger partial charge in [0.25, 0.3) is 0 Å². The summed E-state index contributed by atoms with van der Waals surface area (Å²) in [5.41, 5.74) is 6.74. The van der Waals surface area contributed by atoms with E-state index in [4.69, 9.17) is 10.8 Å². The fraction of sp³-hybridized carbons (Fsp3) is 0.594. The SMILES string of the molecule is N[C@@H](Cc1ccc(O)cc1)C(=O)NCC(=O)N1CCC[C@H]1C(=O)N1CCC[C@H]1C(=O)N[C@@H](CS)C(=O)N1CCC[C@H]1C(=O)N[C@@H](CO)C(=O)O. The van der Waals surface area contributed by atoms with Gasteiger partial charge in [0.05, 0.1) is 19.2 Å². The Labute approximate surface area is 294 Å². The van der Waals surface area contributed by atoms with Crippen LogP contribution < -0.4 is 21.7 Å². The number of carboxylic acid groups (broad SMARTS) is 1. The summed E-state index contributed by atoms with van der Waals surface area (Å²) >= 11 is 4.24. The monoisotopic (exact) mass is 719 g/mol. The molecule has 0 saturated carbocycles. The Kier molecular flexibility index (Phi) is 13.4. The van der Waals surface area contributed by atoms with Crippen molar-refractivity contribution in [3.05, 3.63) is 29.8 Å². The lowest BCUT2D eigenvalue weighted by molar-refractivity contribution is -0.147. The third-order valence-electron chi connectivity index (χ3n) is 9.27. The van der Waals surface area contributed by atoms with Crippen molar-refractivity contribution in [2.45, 2.75) is 81.2 Å². The number of carboxylic acids is 1. The second kappa shape index (κ2) is 17.5. The minimum absolute atomic E-state index is 0.0822. The quantitative estimate of drug-likeness (QED) is 0.0921. The van der Waals surface area contributed by atoms with E-state index in [0.717, 1.165) is 5.56 Å². The van der Waals surface area contributed by atoms with Gasteiger partial charge in [0, 0.05) is 25.4 Å². The Morgan fingerprint density at radius 3 is 1.94 bits per heavy atom. The van der Waals surface area contributed by atoms with Crippen LogP contribution in [0.1, 0.15) is 44.1 Å². The number of aliphatic hydroxyl groups is 1. The summed E-state index contributed by atoms with van der Waals surface area (Å²) in [6.45, 7) is -0.440. The number of amides is 6. The van der Waals surface area contributed by atoms with Crippen molar-refractivity contribution < 1.29 is 48.9 Å². The zero-order valence-corrected chi connectivity index (χ0v) is 28.4. The molecule has 3 aliphatic rings. The number of hydrogen-bond donors (Lipinski definition) is 8. The molecule has 4 rings (SSSR count). The fourth-order valence-electron chi connectivity index (χ4n) is 6.60. The Bertz CT molecular complexity index is 1450. The Morgan fingerprint density at radius 1 is 0.820 bits per heavy atom. The molecule has 50 heavy (non-hydrogen) atoms. The van der Waals surface area contributed by atoms with Crippen molar-refractivity contribution in [3.63, 3.8) is 0 Å². The number of carbonyl (C=O) groups is 7. The Hall–Kier alpha value is -4.42. The third kappa shape index (κ3) is 9.22. The normalized spacial score (nSPS) is 22.1. The van der Waals surface area contributed by atoms with Crippen molar-refractivity contribution in [1.29, 1.82) is 0 Å². The van der Waals surface area contributed by atoms with Crippen LogP contribution in [0.4, 0.5) is 0 Å². The molecule has 18 heteroatoms. The van der Waals surface area contributed by atoms with E-state index in [1.54, 1.807) is 12.1 Å². The summed E-state index contributed by atoms with van der Waals surface area (Å²) in [5.74, 6) is -4.79. The average Bonchev–Trinajstić information content (AvgIpc) is 3.90. The lowest BCUT2D eigenvalue weighted by Crippen LogP contribution is -2.59. The number of likely N-dealkylation sites (tertiary alicyclic amines) is 3. The van der Waals surface area contributed by atoms with Crippen LogP contribution in [0, 0.1) is 0 Å². The van der Waals surface area contributed by atoms with Gasteiger partial charge in [0.15, 0.2) is 0 Å². The lowest BCUT2D eigenvalue weighted by Gasteiger charge is -2.32. The first-order valence-corrected chi connectivity index (χ1v) is 17.3. The van der Waals surface area contributed by atoms with Gasteiger partial charge in [0.2, 0.25) is 35.4 Å². The molecule has 0 aliphatic carbocycles. The summed E-state index contributed by atoms with van der Waals surface area (Å²) in [6, 6.07) is -0.110. The van der Waals surface area contributed by atoms with Gasteiger partial charge in [0.1, 0.15) is 36.0 Å². The molecule has 0 spiro atoms. The summed E-state index contributed by atoms with van der Waals surface area (Å²) in [7, 11) is 0. The van der Waals surface area contributed by atoms with Gasteiger partial charge >= 0.3 is 5.97 Å². The maximum Gasteiger partial charge on any atom is 0.328 e. The molecule has 8 N–H and O–H groups in total. The number of nitrogens with one attached hydrogen (secondary N) is 3. The number of benzene rings is 1. The van der Waals surface area contributed by atoms with Gasteiger partial charge in [-0.25, -0.2) is 4.79 Å². The number of aliphatic hydroxyl groups excluding tert-OH is 1. The first kappa shape index (κ1) is 38.4. The summed E-state index contributed by atoms with van der Waals surface area (Å²) in [4.78, 5) is 94.6. The standard InChI is InChI=1S/C32H45N7O10S/c33-20(14-18-7-9-19(41)10-8-18)27(43)34-15-26(42)37-11-3-6-25(37)31(47)39-13-2-5-24(39)29(45)36-22(17-50)30(46)38-12-1-4-23(38)28(44)35-21(16-40)32(48)49/h7-10,20-25,40-41,50H,1-6,11-17,33H2,(H,34,43)(H,35,44)(H,36,45)(H,48,49)/t20-,21-,22-,23-,24-,25-/m0/s1. The van der Waals surface area contributed by atoms with Crippen LogP contribution >= 0.6 is 12.6 Å². The van der Waals surface area contributed by atoms with E-state index in [9.17, 15) is 43.8 Å². The van der Waals surface area contributed by atoms with E-state index >= 15 is 0 Å². The predicted molar refractivity (Wildman–Crippen MR) is 179 cm³/mol. The second-order valence-electron chi connectivity index (χ2n) is 12.6. The number of carbonyl (C=O) groups excluding carboxylic acids is 6. The van der Waals surface area contributed by atoms with Gasteiger partial charge in [-0.3, -0.25) is 28.8 Å². The average molecular weight is 720 g/mol. The van der Waals surface area contributed by atoms with Crippen molar-refractivity contribution in [1.82, 2.24) is 30.7 Å². The number of phenolic OH excluding ortho intramolecular Hbond substituents is 1. The van der Waals surface area contributed by atoms with Gasteiger partial charge in [-0.15, -0.1) is 0 Å². The van der Waals surface area contributed by atoms with Gasteiger partial charge in [-0.2, -0.15) is 12.6 Å². The zero-order chi connectivity index (χ0) is 36.5. The largest absolute Gasteiger partial charge is 0.508 e. The molecule has 274 valence electrons. The predicted octanol–water partition coefficient (Wildman–Crippen LogP) is -2.67. The molecule has 6 amide bonds. The number of nitrogens with two attached hydrogens (primary N) is 1. The van der Waals surface area contributed by atoms with Gasteiger partial charge in [-0.05, 0) is 62.6 Å². The first-order chi connectivity index (χ1) is 23.9. The topological polar surface area (TPSA) is 252 Å². The molecule has 3 saturated heterocycles. The highest BCUT2D eigenvalue weighted by Crippen LogP contribution is 2.26. The van der Waals surface area contributed by atoms with Crippen LogP contribution in [-0.4, -0.2) is 146 Å². The molecular weight excluding hydrogens is 674 g/mol. The lowest BCUT2D eigenvalue weighted by atomic mass is 10.1. The highest BCUT2D eigenvalue weighted by atomic mass is 32.1. The number of aromatic hydroxyl groups is 1. The van der Waals surface area contributed by atoms with E-state index in [2.05, 4.69) is 28.6 Å². The maximum atomic E-state index is 13.8. The number of hydrogen-bond acceptors (Lipinski definition) is 11. The molecule has 0 unspecified atom stereocenters. The molecule has 0 aromatic heterocycles. The molecular formula is C32H45N7O10S. The molecule has 3 aliphatic heterocycles. The maximum absolute atomic E-state index is 13.8. The molecule has 1 aromatic rings. The number of thiol groups is 1. The fourth-order valence-corrected chi connectivity index (χ4v) is 6.85. The molecule has 17 nitrogen and oxygen atoms in total. The van der Waals surface area contributed by atoms with Crippen LogP contribution in [-0.2, 0) is 40.0 Å². The minimum Gasteiger partial charge on any atom is -0.508 e. The van der Waals surface area contributed by atoms with Crippen molar-refractivity contribution in [2.75, 3.05) is 38.5 Å². The summed E-state index contributed by atoms with van der Waals surface area (Å²) in [5, 5.41) is 35.3. The summed E-state index contributed by atoms with van der Waals surface area (Å²) in [6.07, 6.45) is 2.68. The highest BCUT2D eigenvalue weighted by Gasteiger charge is 2.44. The van der Waals surface area contributed by atoms with Crippen LogP contribution in [0.2, 0.25) is 0 Å². The second-order valence-corrected chi connectivity index (χ2v) is 13.0. The highest BCUT2D eigenvalue weighted by molar-refractivity contribution is 7.80. The molecule has 0 radical (unpaired) electrons. The molecule has 0 bridgehead atoms. The van der Waals surface area contributed by atoms with Crippen LogP contribution in [0.25, 0.3) is 0 Å². The minimum atomic E-state index is -1.53. The van der Waals surface area contributed by atoms with Crippen LogP contribution in [0.3, 0.4) is 0 Å². The van der Waals surface area contributed by atoms with E-state index in [1.807, 2.05) is 0 Å². The summed E-state index contributed by atoms with van der Waals surface area (Å²) < 4.78 is 0. The molecule has 1 aromatic carbocycles. The van der Waals surface area contributed by atoms with Crippen molar-refractivity contribution >= 4 is 54.0 Å². The van der Waals surface area contributed by atoms with Crippen LogP contribution in [0.5, 0.6) is 5.75 Å². The molecule has 3 heterocycles. The van der Waals surface area contributed by atoms with Crippen LogP contribution in [0.15, 0.2) is 24.3 Å². The van der Waals surface area contributed by atoms with E-state index in [1.165, 1.54) is 26.8 Å². The smallest absolute Gasteiger partial charge is 0.328 e. The zero-order valence-electron chi connectivity index (χ0n) is 27.5. The number of rotatable bonds is 14. The van der Waals surface area contributed by atoms with Crippen molar-refractivity contribution in [2.24, 2.45) is 5.73 Å². The number of phenols is 1. The van der Waals surface area contributed by atoms with Gasteiger partial charge < -0.3 is 51.7 Å². The first-order valence-electron chi connectivity index (χ1n) is 16.6. The van der Waals surface area contributed by atoms with E-state index in [0.29, 0.717) is 38.6 Å². The van der Waals surface area contributed by atoms with E-state index in [-0.39, 0.29) is 44.0 Å². The van der Waals surface area contributed by atoms with E-state index < -0.39 is 84.3 Å².